The van der Waals surface area contributed by atoms with Crippen LogP contribution in [0.3, 0.4) is 0 Å². The smallest absolute Gasteiger partial charge is 0.303 e. The molecule has 8 atom stereocenters. The summed E-state index contributed by atoms with van der Waals surface area (Å²) in [6.45, 7) is 5.29. The summed E-state index contributed by atoms with van der Waals surface area (Å²) in [6, 6.07) is 0. The molecule has 0 bridgehead atoms. The van der Waals surface area contributed by atoms with Gasteiger partial charge < -0.3 is 9.47 Å². The second kappa shape index (κ2) is 6.69. The largest absolute Gasteiger partial charge is 0.462 e. The Bertz CT molecular complexity index is 659. The van der Waals surface area contributed by atoms with Crippen molar-refractivity contribution < 1.29 is 20.4 Å². The number of hydrogen-bond acceptors (Lipinski definition) is 4. The molecule has 144 valence electrons. The molecule has 4 heteroatoms. The summed E-state index contributed by atoms with van der Waals surface area (Å²) in [5, 5.41) is 0. The van der Waals surface area contributed by atoms with E-state index in [2.05, 4.69) is 13.0 Å². The molecule has 4 rings (SSSR count). The van der Waals surface area contributed by atoms with Gasteiger partial charge in [0.25, 0.3) is 0 Å². The number of carbonyl (C=O) groups is 2. The minimum Gasteiger partial charge on any atom is -0.462 e. The maximum absolute atomic E-state index is 11.5. The number of hydrogen-bond donors (Lipinski definition) is 0. The van der Waals surface area contributed by atoms with Gasteiger partial charge >= 0.3 is 11.9 Å². The number of rotatable bonds is 2. The second-order valence-corrected chi connectivity index (χ2v) is 9.09. The van der Waals surface area contributed by atoms with Gasteiger partial charge in [-0.1, -0.05) is 12.5 Å². The van der Waals surface area contributed by atoms with Crippen molar-refractivity contribution >= 4 is 11.9 Å². The average Bonchev–Trinajstić information content (AvgIpc) is 2.91. The molecule has 0 radical (unpaired) electrons. The molecule has 0 amide bonds. The van der Waals surface area contributed by atoms with Crippen LogP contribution in [0.4, 0.5) is 0 Å². The second-order valence-electron chi connectivity index (χ2n) is 9.09. The van der Waals surface area contributed by atoms with Gasteiger partial charge in [0.15, 0.2) is 0 Å². The zero-order valence-electron chi connectivity index (χ0n) is 17.2. The van der Waals surface area contributed by atoms with Crippen LogP contribution in [0.1, 0.15) is 73.5 Å². The molecule has 4 aliphatic carbocycles. The first kappa shape index (κ1) is 16.8. The molecule has 0 aliphatic heterocycles. The first-order valence-corrected chi connectivity index (χ1v) is 10.3. The molecule has 0 aromatic heterocycles. The van der Waals surface area contributed by atoms with E-state index in [1.165, 1.54) is 25.8 Å². The Kier molecular flexibility index (Phi) is 4.33. The molecule has 4 aliphatic rings. The summed E-state index contributed by atoms with van der Waals surface area (Å²) in [4.78, 5) is 22.9. The van der Waals surface area contributed by atoms with Gasteiger partial charge in [0, 0.05) is 20.6 Å². The minimum atomic E-state index is -0.376. The van der Waals surface area contributed by atoms with Crippen LogP contribution in [-0.2, 0) is 19.1 Å². The molecule has 3 saturated carbocycles. The van der Waals surface area contributed by atoms with Crippen LogP contribution in [0.25, 0.3) is 0 Å². The van der Waals surface area contributed by atoms with Gasteiger partial charge in [-0.15, -0.1) is 0 Å². The summed E-state index contributed by atoms with van der Waals surface area (Å²) in [6.07, 6.45) is 8.88. The van der Waals surface area contributed by atoms with E-state index in [1.807, 2.05) is 0 Å². The number of allylic oxidation sites excluding steroid dienone is 1. The first-order chi connectivity index (χ1) is 12.8. The highest BCUT2D eigenvalue weighted by molar-refractivity contribution is 5.66. The Morgan fingerprint density at radius 3 is 2.58 bits per heavy atom. The Balaban J connectivity index is 1.53. The highest BCUT2D eigenvalue weighted by Crippen LogP contribution is 2.62. The molecular formula is C22H32O4. The van der Waals surface area contributed by atoms with Crippen LogP contribution in [-0.4, -0.2) is 24.1 Å². The van der Waals surface area contributed by atoms with Crippen molar-refractivity contribution in [2.24, 2.45) is 29.1 Å². The Morgan fingerprint density at radius 2 is 1.85 bits per heavy atom. The fourth-order valence-corrected chi connectivity index (χ4v) is 6.74. The highest BCUT2D eigenvalue weighted by Gasteiger charge is 2.57. The van der Waals surface area contributed by atoms with Crippen LogP contribution >= 0.6 is 0 Å². The zero-order chi connectivity index (χ0) is 19.3. The third-order valence-corrected chi connectivity index (χ3v) is 7.78. The van der Waals surface area contributed by atoms with Gasteiger partial charge in [0.1, 0.15) is 12.2 Å². The monoisotopic (exact) mass is 362 g/mol. The lowest BCUT2D eigenvalue weighted by atomic mass is 9.52. The van der Waals surface area contributed by atoms with Gasteiger partial charge in [0.2, 0.25) is 0 Å². The van der Waals surface area contributed by atoms with E-state index in [9.17, 15) is 9.59 Å². The van der Waals surface area contributed by atoms with E-state index in [0.717, 1.165) is 38.5 Å². The van der Waals surface area contributed by atoms with E-state index >= 15 is 0 Å². The van der Waals surface area contributed by atoms with Crippen LogP contribution in [0, 0.1) is 29.1 Å². The number of carbonyl (C=O) groups excluding carboxylic acids is 2. The molecule has 0 spiro atoms. The molecule has 0 aromatic carbocycles. The number of ether oxygens (including phenoxy) is 2. The third-order valence-electron chi connectivity index (χ3n) is 7.78. The first-order valence-electron chi connectivity index (χ1n) is 10.8. The van der Waals surface area contributed by atoms with E-state index in [1.54, 1.807) is 0 Å². The maximum Gasteiger partial charge on any atom is 0.303 e. The van der Waals surface area contributed by atoms with Gasteiger partial charge in [-0.2, -0.15) is 0 Å². The fourth-order valence-electron chi connectivity index (χ4n) is 6.74. The SMILES string of the molecule is [3H][C@H]1C[C@H]2C(=C[C@H]1OC(C)=O)CC[C@@H]1[C@@H]2CC[C@]2(C)[C@@H](OC(C)=O)CC[C@@H]12. The lowest BCUT2D eigenvalue weighted by Gasteiger charge is -2.53. The normalized spacial score (nSPS) is 47.6. The van der Waals surface area contributed by atoms with Gasteiger partial charge in [-0.05, 0) is 81.1 Å². The predicted molar refractivity (Wildman–Crippen MR) is 98.2 cm³/mol. The van der Waals surface area contributed by atoms with Crippen molar-refractivity contribution in [1.29, 1.82) is 0 Å². The lowest BCUT2D eigenvalue weighted by molar-refractivity contribution is -0.156. The van der Waals surface area contributed by atoms with Gasteiger partial charge in [-0.3, -0.25) is 9.59 Å². The number of esters is 2. The third kappa shape index (κ3) is 2.99. The van der Waals surface area contributed by atoms with E-state index in [-0.39, 0.29) is 36.0 Å². The molecule has 26 heavy (non-hydrogen) atoms. The van der Waals surface area contributed by atoms with Crippen molar-refractivity contribution in [2.45, 2.75) is 84.3 Å². The topological polar surface area (TPSA) is 52.6 Å². The predicted octanol–water partition coefficient (Wildman–Crippen LogP) is 4.42. The van der Waals surface area contributed by atoms with Crippen LogP contribution in [0.5, 0.6) is 0 Å². The van der Waals surface area contributed by atoms with E-state index < -0.39 is 0 Å². The minimum absolute atomic E-state index is 0.0708. The Labute approximate surface area is 158 Å². The highest BCUT2D eigenvalue weighted by atomic mass is 16.5. The standard InChI is InChI=1S/C22H32O4/c1-13(23)25-16-5-7-17-15(12-16)4-6-19-18(17)10-11-22(3)20(19)8-9-21(22)26-14(2)24/h12,16-21H,4-11H2,1-3H3/t16-,17-,18+,19+,20-,21-,22-/m0/s1/i5T/t5-,16-,17-,18+,19+,20-,21-,22-. The molecule has 3 fully saturated rings. The molecular weight excluding hydrogens is 328 g/mol. The number of fused-ring (bicyclic) bond motifs is 5. The summed E-state index contributed by atoms with van der Waals surface area (Å²) >= 11 is 0. The van der Waals surface area contributed by atoms with Crippen molar-refractivity contribution in [3.63, 3.8) is 0 Å². The summed E-state index contributed by atoms with van der Waals surface area (Å²) in [5.74, 6) is 1.94. The summed E-state index contributed by atoms with van der Waals surface area (Å²) in [7, 11) is 0. The van der Waals surface area contributed by atoms with Crippen molar-refractivity contribution in [2.75, 3.05) is 0 Å². The Hall–Kier alpha value is -1.32. The van der Waals surface area contributed by atoms with E-state index in [0.29, 0.717) is 23.7 Å². The summed E-state index contributed by atoms with van der Waals surface area (Å²) < 4.78 is 19.5. The van der Waals surface area contributed by atoms with Gasteiger partial charge in [-0.25, -0.2) is 0 Å². The summed E-state index contributed by atoms with van der Waals surface area (Å²) in [5.41, 5.74) is 1.53. The average molecular weight is 363 g/mol. The molecule has 0 heterocycles. The molecule has 4 nitrogen and oxygen atoms in total. The van der Waals surface area contributed by atoms with Crippen molar-refractivity contribution in [3.05, 3.63) is 11.6 Å². The van der Waals surface area contributed by atoms with Crippen LogP contribution < -0.4 is 0 Å². The van der Waals surface area contributed by atoms with Gasteiger partial charge in [0.05, 0.1) is 0 Å². The van der Waals surface area contributed by atoms with Crippen LogP contribution in [0.2, 0.25) is 0 Å². The molecule has 0 aromatic rings. The molecule has 0 N–H and O–H groups in total. The fraction of sp³-hybridized carbons (Fsp3) is 0.818. The van der Waals surface area contributed by atoms with Crippen LogP contribution in [0.15, 0.2) is 11.6 Å². The Morgan fingerprint density at radius 1 is 1.08 bits per heavy atom. The van der Waals surface area contributed by atoms with Crippen molar-refractivity contribution in [1.82, 2.24) is 0 Å². The molecule has 0 saturated heterocycles. The lowest BCUT2D eigenvalue weighted by Crippen LogP contribution is -2.48. The quantitative estimate of drug-likeness (QED) is 0.539. The maximum atomic E-state index is 11.5. The van der Waals surface area contributed by atoms with E-state index in [4.69, 9.17) is 10.8 Å². The molecule has 0 unspecified atom stereocenters. The zero-order valence-corrected chi connectivity index (χ0v) is 16.2. The van der Waals surface area contributed by atoms with Crippen molar-refractivity contribution in [3.8, 4) is 0 Å².